The van der Waals surface area contributed by atoms with E-state index in [0.717, 1.165) is 25.4 Å². The molecule has 0 bridgehead atoms. The van der Waals surface area contributed by atoms with Gasteiger partial charge in [0, 0.05) is 25.5 Å². The van der Waals surface area contributed by atoms with E-state index in [-0.39, 0.29) is 11.9 Å². The van der Waals surface area contributed by atoms with Gasteiger partial charge in [-0.1, -0.05) is 0 Å². The summed E-state index contributed by atoms with van der Waals surface area (Å²) in [6.45, 7) is 2.44. The van der Waals surface area contributed by atoms with Crippen molar-refractivity contribution in [2.24, 2.45) is 10.9 Å². The Morgan fingerprint density at radius 2 is 2.15 bits per heavy atom. The Balaban J connectivity index is 1.38. The number of nitrogens with zero attached hydrogens (tertiary/aromatic N) is 3. The molecule has 0 aromatic carbocycles. The van der Waals surface area contributed by atoms with Gasteiger partial charge in [0.15, 0.2) is 0 Å². The van der Waals surface area contributed by atoms with E-state index in [1.54, 1.807) is 12.4 Å². The average molecular weight is 272 g/mol. The van der Waals surface area contributed by atoms with Gasteiger partial charge in [0.1, 0.15) is 6.04 Å². The first kappa shape index (κ1) is 13.1. The maximum atomic E-state index is 12.0. The molecule has 1 aliphatic carbocycles. The lowest BCUT2D eigenvalue weighted by molar-refractivity contribution is -0.122. The minimum Gasteiger partial charge on any atom is -0.360 e. The summed E-state index contributed by atoms with van der Waals surface area (Å²) in [7, 11) is 0. The van der Waals surface area contributed by atoms with Gasteiger partial charge < -0.3 is 10.2 Å². The Hall–Kier alpha value is -1.91. The van der Waals surface area contributed by atoms with Crippen LogP contribution in [0.15, 0.2) is 29.5 Å². The Bertz CT molecular complexity index is 484. The predicted octanol–water partition coefficient (Wildman–Crippen LogP) is 0.863. The summed E-state index contributed by atoms with van der Waals surface area (Å²) < 4.78 is 0. The lowest BCUT2D eigenvalue weighted by atomic mass is 10.2. The van der Waals surface area contributed by atoms with Crippen LogP contribution >= 0.6 is 0 Å². The monoisotopic (exact) mass is 272 g/mol. The molecule has 1 aromatic rings. The van der Waals surface area contributed by atoms with Gasteiger partial charge >= 0.3 is 0 Å². The molecular weight excluding hydrogens is 252 g/mol. The maximum Gasteiger partial charge on any atom is 0.246 e. The van der Waals surface area contributed by atoms with Crippen molar-refractivity contribution in [2.45, 2.75) is 25.3 Å². The second-order valence-electron chi connectivity index (χ2n) is 5.57. The van der Waals surface area contributed by atoms with Crippen LogP contribution in [0.5, 0.6) is 0 Å². The first-order valence-electron chi connectivity index (χ1n) is 7.25. The minimum absolute atomic E-state index is 0.0357. The molecule has 2 aliphatic rings. The van der Waals surface area contributed by atoms with E-state index in [2.05, 4.69) is 20.2 Å². The Labute approximate surface area is 119 Å². The standard InChI is InChI=1S/C15H20N4O/c20-15(17-8-5-12-3-6-16-7-4-12)14-10-19(11-18-14)9-13-1-2-13/h3-4,6-7,11,13-14H,1-2,5,8-10H2,(H,17,20). The van der Waals surface area contributed by atoms with Gasteiger partial charge in [0.2, 0.25) is 5.91 Å². The van der Waals surface area contributed by atoms with Gasteiger partial charge in [-0.05, 0) is 42.9 Å². The van der Waals surface area contributed by atoms with Gasteiger partial charge in [-0.25, -0.2) is 0 Å². The zero-order valence-corrected chi connectivity index (χ0v) is 11.5. The lowest BCUT2D eigenvalue weighted by Gasteiger charge is -2.15. The number of rotatable bonds is 6. The molecule has 106 valence electrons. The molecule has 1 saturated carbocycles. The number of amides is 1. The molecule has 0 spiro atoms. The second kappa shape index (κ2) is 6.03. The molecule has 1 atom stereocenters. The summed E-state index contributed by atoms with van der Waals surface area (Å²) in [5.74, 6) is 0.864. The summed E-state index contributed by atoms with van der Waals surface area (Å²) in [5, 5.41) is 2.96. The molecule has 3 rings (SSSR count). The van der Waals surface area contributed by atoms with Crippen LogP contribution in [0.25, 0.3) is 0 Å². The van der Waals surface area contributed by atoms with Crippen LogP contribution < -0.4 is 5.32 Å². The van der Waals surface area contributed by atoms with Crippen molar-refractivity contribution in [3.8, 4) is 0 Å². The third kappa shape index (κ3) is 3.56. The number of pyridine rings is 1. The molecule has 1 aliphatic heterocycles. The van der Waals surface area contributed by atoms with E-state index >= 15 is 0 Å². The number of aromatic nitrogens is 1. The van der Waals surface area contributed by atoms with Gasteiger partial charge in [-0.2, -0.15) is 0 Å². The molecule has 20 heavy (non-hydrogen) atoms. The molecule has 1 N–H and O–H groups in total. The van der Waals surface area contributed by atoms with Crippen molar-refractivity contribution in [3.05, 3.63) is 30.1 Å². The molecule has 5 nitrogen and oxygen atoms in total. The predicted molar refractivity (Wildman–Crippen MR) is 77.5 cm³/mol. The summed E-state index contributed by atoms with van der Waals surface area (Å²) in [6, 6.07) is 3.71. The average Bonchev–Trinajstić information content (AvgIpc) is 3.15. The Morgan fingerprint density at radius 3 is 2.90 bits per heavy atom. The summed E-state index contributed by atoms with van der Waals surface area (Å²) in [5.41, 5.74) is 1.19. The largest absolute Gasteiger partial charge is 0.360 e. The van der Waals surface area contributed by atoms with Crippen molar-refractivity contribution >= 4 is 12.2 Å². The third-order valence-electron chi connectivity index (χ3n) is 3.77. The van der Waals surface area contributed by atoms with Crippen molar-refractivity contribution in [2.75, 3.05) is 19.6 Å². The Kier molecular flexibility index (Phi) is 3.95. The minimum atomic E-state index is -0.230. The highest BCUT2D eigenvalue weighted by Crippen LogP contribution is 2.29. The SMILES string of the molecule is O=C(NCCc1ccncc1)C1CN(CC2CC2)C=N1. The van der Waals surface area contributed by atoms with Gasteiger partial charge in [-0.15, -0.1) is 0 Å². The normalized spacial score (nSPS) is 21.2. The highest BCUT2D eigenvalue weighted by atomic mass is 16.2. The summed E-state index contributed by atoms with van der Waals surface area (Å²) in [4.78, 5) is 22.5. The molecule has 0 saturated heterocycles. The van der Waals surface area contributed by atoms with Crippen LogP contribution in [0.2, 0.25) is 0 Å². The number of carbonyl (C=O) groups excluding carboxylic acids is 1. The van der Waals surface area contributed by atoms with E-state index in [1.165, 1.54) is 18.4 Å². The molecule has 2 heterocycles. The van der Waals surface area contributed by atoms with Crippen LogP contribution in [-0.4, -0.2) is 47.8 Å². The fourth-order valence-corrected chi connectivity index (χ4v) is 2.39. The van der Waals surface area contributed by atoms with Gasteiger partial charge in [-0.3, -0.25) is 14.8 Å². The Morgan fingerprint density at radius 1 is 1.35 bits per heavy atom. The van der Waals surface area contributed by atoms with E-state index in [9.17, 15) is 4.79 Å². The maximum absolute atomic E-state index is 12.0. The zero-order valence-electron chi connectivity index (χ0n) is 11.5. The van der Waals surface area contributed by atoms with Crippen molar-refractivity contribution in [1.29, 1.82) is 0 Å². The highest BCUT2D eigenvalue weighted by molar-refractivity contribution is 5.85. The topological polar surface area (TPSA) is 57.6 Å². The highest BCUT2D eigenvalue weighted by Gasteiger charge is 2.29. The number of carbonyl (C=O) groups is 1. The van der Waals surface area contributed by atoms with E-state index in [1.807, 2.05) is 18.5 Å². The first-order valence-corrected chi connectivity index (χ1v) is 7.25. The van der Waals surface area contributed by atoms with Crippen LogP contribution in [0.4, 0.5) is 0 Å². The fraction of sp³-hybridized carbons (Fsp3) is 0.533. The molecule has 1 fully saturated rings. The van der Waals surface area contributed by atoms with Gasteiger partial charge in [0.25, 0.3) is 0 Å². The van der Waals surface area contributed by atoms with Crippen molar-refractivity contribution in [1.82, 2.24) is 15.2 Å². The van der Waals surface area contributed by atoms with E-state index < -0.39 is 0 Å². The fourth-order valence-electron chi connectivity index (χ4n) is 2.39. The third-order valence-corrected chi connectivity index (χ3v) is 3.77. The number of hydrogen-bond donors (Lipinski definition) is 1. The van der Waals surface area contributed by atoms with Crippen molar-refractivity contribution in [3.63, 3.8) is 0 Å². The van der Waals surface area contributed by atoms with Gasteiger partial charge in [0.05, 0.1) is 12.9 Å². The molecule has 1 unspecified atom stereocenters. The number of hydrogen-bond acceptors (Lipinski definition) is 4. The van der Waals surface area contributed by atoms with Crippen LogP contribution in [-0.2, 0) is 11.2 Å². The van der Waals surface area contributed by atoms with Crippen LogP contribution in [0.3, 0.4) is 0 Å². The van der Waals surface area contributed by atoms with Crippen molar-refractivity contribution < 1.29 is 4.79 Å². The molecular formula is C15H20N4O. The number of aliphatic imine (C=N–C) groups is 1. The summed E-state index contributed by atoms with van der Waals surface area (Å²) >= 11 is 0. The smallest absolute Gasteiger partial charge is 0.246 e. The summed E-state index contributed by atoms with van der Waals surface area (Å²) in [6.07, 6.45) is 8.87. The first-order chi connectivity index (χ1) is 9.81. The number of nitrogens with one attached hydrogen (secondary N) is 1. The van der Waals surface area contributed by atoms with Crippen LogP contribution in [0.1, 0.15) is 18.4 Å². The molecule has 5 heteroatoms. The quantitative estimate of drug-likeness (QED) is 0.835. The lowest BCUT2D eigenvalue weighted by Crippen LogP contribution is -2.38. The zero-order chi connectivity index (χ0) is 13.8. The molecule has 1 amide bonds. The molecule has 1 aromatic heterocycles. The molecule has 0 radical (unpaired) electrons. The van der Waals surface area contributed by atoms with E-state index in [0.29, 0.717) is 6.54 Å². The second-order valence-corrected chi connectivity index (χ2v) is 5.57. The van der Waals surface area contributed by atoms with Crippen LogP contribution in [0, 0.1) is 5.92 Å². The van der Waals surface area contributed by atoms with E-state index in [4.69, 9.17) is 0 Å².